The van der Waals surface area contributed by atoms with E-state index in [1.165, 1.54) is 0 Å². The highest BCUT2D eigenvalue weighted by atomic mass is 32.2. The van der Waals surface area contributed by atoms with E-state index in [1.54, 1.807) is 18.0 Å². The number of thioether (sulfide) groups is 1. The Balaban J connectivity index is 1.35. The molecule has 0 spiro atoms. The van der Waals surface area contributed by atoms with Crippen molar-refractivity contribution in [2.45, 2.75) is 17.4 Å². The Bertz CT molecular complexity index is 810. The fourth-order valence-corrected chi connectivity index (χ4v) is 4.31. The normalized spacial score (nSPS) is 19.1. The Morgan fingerprint density at radius 2 is 2.19 bits per heavy atom. The van der Waals surface area contributed by atoms with E-state index in [9.17, 15) is 4.79 Å². The second-order valence-corrected chi connectivity index (χ2v) is 7.78. The van der Waals surface area contributed by atoms with Crippen LogP contribution in [0.25, 0.3) is 0 Å². The van der Waals surface area contributed by atoms with Crippen LogP contribution < -0.4 is 14.8 Å². The minimum absolute atomic E-state index is 0.00876. The van der Waals surface area contributed by atoms with Crippen LogP contribution in [0.1, 0.15) is 18.3 Å². The predicted molar refractivity (Wildman–Crippen MR) is 103 cm³/mol. The van der Waals surface area contributed by atoms with Crippen molar-refractivity contribution in [2.75, 3.05) is 38.6 Å². The monoisotopic (exact) mass is 388 g/mol. The van der Waals surface area contributed by atoms with E-state index in [2.05, 4.69) is 10.3 Å². The van der Waals surface area contributed by atoms with Crippen molar-refractivity contribution in [3.05, 3.63) is 36.4 Å². The number of amides is 1. The molecule has 1 fully saturated rings. The number of aromatic nitrogens is 2. The van der Waals surface area contributed by atoms with Gasteiger partial charge in [-0.05, 0) is 18.2 Å². The number of benzene rings is 1. The number of fused-ring (bicyclic) bond motifs is 1. The number of aryl methyl sites for hydroxylation is 1. The number of hydrogen-bond donors (Lipinski definition) is 1. The number of rotatable bonds is 5. The van der Waals surface area contributed by atoms with Crippen LogP contribution in [0.3, 0.4) is 0 Å². The predicted octanol–water partition coefficient (Wildman–Crippen LogP) is 1.85. The molecule has 2 aliphatic rings. The summed E-state index contributed by atoms with van der Waals surface area (Å²) in [6.45, 7) is 3.45. The topological polar surface area (TPSA) is 68.6 Å². The van der Waals surface area contributed by atoms with Gasteiger partial charge >= 0.3 is 0 Å². The Morgan fingerprint density at radius 1 is 1.33 bits per heavy atom. The first-order valence-corrected chi connectivity index (χ1v) is 10.2. The third kappa shape index (κ3) is 4.06. The van der Waals surface area contributed by atoms with Gasteiger partial charge in [-0.25, -0.2) is 4.98 Å². The van der Waals surface area contributed by atoms with Gasteiger partial charge in [0.15, 0.2) is 11.5 Å². The van der Waals surface area contributed by atoms with Crippen molar-refractivity contribution in [3.63, 3.8) is 0 Å². The van der Waals surface area contributed by atoms with Crippen LogP contribution in [0, 0.1) is 0 Å². The molecule has 1 saturated heterocycles. The molecule has 0 aliphatic carbocycles. The fourth-order valence-electron chi connectivity index (χ4n) is 3.45. The fraction of sp³-hybridized carbons (Fsp3) is 0.474. The quantitative estimate of drug-likeness (QED) is 0.789. The number of hydrogen-bond acceptors (Lipinski definition) is 6. The zero-order valence-electron chi connectivity index (χ0n) is 15.4. The van der Waals surface area contributed by atoms with Crippen LogP contribution >= 0.6 is 11.8 Å². The Labute approximate surface area is 163 Å². The summed E-state index contributed by atoms with van der Waals surface area (Å²) in [4.78, 5) is 20.3. The van der Waals surface area contributed by atoms with Gasteiger partial charge in [0, 0.05) is 56.1 Å². The third-order valence-corrected chi connectivity index (χ3v) is 5.81. The first-order chi connectivity index (χ1) is 13.2. The van der Waals surface area contributed by atoms with Crippen LogP contribution in [0.2, 0.25) is 0 Å². The lowest BCUT2D eigenvalue weighted by Gasteiger charge is -2.35. The van der Waals surface area contributed by atoms with Crippen molar-refractivity contribution in [2.24, 2.45) is 7.05 Å². The summed E-state index contributed by atoms with van der Waals surface area (Å²) in [5.74, 6) is 3.41. The van der Waals surface area contributed by atoms with Gasteiger partial charge in [0.25, 0.3) is 0 Å². The zero-order valence-corrected chi connectivity index (χ0v) is 16.2. The molecule has 3 heterocycles. The molecule has 1 N–H and O–H groups in total. The van der Waals surface area contributed by atoms with E-state index >= 15 is 0 Å². The maximum atomic E-state index is 12.8. The van der Waals surface area contributed by atoms with Crippen molar-refractivity contribution in [3.8, 4) is 11.5 Å². The zero-order chi connectivity index (χ0) is 18.6. The first kappa shape index (κ1) is 18.2. The van der Waals surface area contributed by atoms with E-state index in [0.717, 1.165) is 41.1 Å². The van der Waals surface area contributed by atoms with Crippen molar-refractivity contribution >= 4 is 17.7 Å². The third-order valence-electron chi connectivity index (χ3n) is 4.82. The molecule has 2 aromatic rings. The van der Waals surface area contributed by atoms with Gasteiger partial charge in [0.2, 0.25) is 5.91 Å². The molecule has 2 aliphatic heterocycles. The van der Waals surface area contributed by atoms with Crippen LogP contribution in [-0.4, -0.2) is 59.0 Å². The summed E-state index contributed by atoms with van der Waals surface area (Å²) < 4.78 is 13.2. The van der Waals surface area contributed by atoms with E-state index in [0.29, 0.717) is 26.2 Å². The standard InChI is InChI=1S/C19H24N4O3S/c1-22-7-6-21-19(22)15-13-20-5-8-23(15)18(24)4-11-27-14-2-3-16-17(12-14)26-10-9-25-16/h2-3,6-7,12,15,20H,4-5,8-11,13H2,1H3. The minimum atomic E-state index is -0.00876. The molecule has 7 nitrogen and oxygen atoms in total. The molecule has 1 unspecified atom stereocenters. The molecule has 1 aromatic carbocycles. The smallest absolute Gasteiger partial charge is 0.224 e. The Kier molecular flexibility index (Phi) is 5.54. The van der Waals surface area contributed by atoms with Gasteiger partial charge in [0.05, 0.1) is 0 Å². The Hall–Kier alpha value is -2.19. The van der Waals surface area contributed by atoms with Gasteiger partial charge in [-0.1, -0.05) is 0 Å². The molecule has 0 saturated carbocycles. The van der Waals surface area contributed by atoms with Crippen LogP contribution in [0.15, 0.2) is 35.5 Å². The second-order valence-electron chi connectivity index (χ2n) is 6.61. The SMILES string of the molecule is Cn1ccnc1C1CNCCN1C(=O)CCSc1ccc2c(c1)OCCO2. The number of ether oxygens (including phenoxy) is 2. The Morgan fingerprint density at radius 3 is 3.00 bits per heavy atom. The van der Waals surface area contributed by atoms with Crippen LogP contribution in [0.4, 0.5) is 0 Å². The van der Waals surface area contributed by atoms with Gasteiger partial charge in [0.1, 0.15) is 25.1 Å². The van der Waals surface area contributed by atoms with Gasteiger partial charge in [-0.15, -0.1) is 11.8 Å². The van der Waals surface area contributed by atoms with E-state index < -0.39 is 0 Å². The van der Waals surface area contributed by atoms with E-state index in [-0.39, 0.29) is 11.9 Å². The van der Waals surface area contributed by atoms with Crippen LogP contribution in [-0.2, 0) is 11.8 Å². The number of carbonyl (C=O) groups is 1. The summed E-state index contributed by atoms with van der Waals surface area (Å²) >= 11 is 1.67. The van der Waals surface area contributed by atoms with Crippen molar-refractivity contribution < 1.29 is 14.3 Å². The molecule has 144 valence electrons. The summed E-state index contributed by atoms with van der Waals surface area (Å²) in [6.07, 6.45) is 4.20. The highest BCUT2D eigenvalue weighted by Crippen LogP contribution is 2.34. The second kappa shape index (κ2) is 8.22. The van der Waals surface area contributed by atoms with Gasteiger partial charge < -0.3 is 24.3 Å². The number of nitrogens with one attached hydrogen (secondary N) is 1. The molecule has 8 heteroatoms. The summed E-state index contributed by atoms with van der Waals surface area (Å²) in [5, 5.41) is 3.37. The van der Waals surface area contributed by atoms with Gasteiger partial charge in [-0.3, -0.25) is 4.79 Å². The summed E-state index contributed by atoms with van der Waals surface area (Å²) in [5.41, 5.74) is 0. The molecule has 27 heavy (non-hydrogen) atoms. The summed E-state index contributed by atoms with van der Waals surface area (Å²) in [7, 11) is 1.97. The number of carbonyl (C=O) groups excluding carboxylic acids is 1. The lowest BCUT2D eigenvalue weighted by molar-refractivity contribution is -0.134. The largest absolute Gasteiger partial charge is 0.486 e. The van der Waals surface area contributed by atoms with E-state index in [1.807, 2.05) is 40.9 Å². The molecule has 4 rings (SSSR count). The number of imidazole rings is 1. The van der Waals surface area contributed by atoms with Crippen LogP contribution in [0.5, 0.6) is 11.5 Å². The molecule has 0 radical (unpaired) electrons. The number of piperazine rings is 1. The highest BCUT2D eigenvalue weighted by Gasteiger charge is 2.30. The average Bonchev–Trinajstić information content (AvgIpc) is 3.13. The molecular weight excluding hydrogens is 364 g/mol. The first-order valence-electron chi connectivity index (χ1n) is 9.22. The number of nitrogens with zero attached hydrogens (tertiary/aromatic N) is 3. The molecule has 1 aromatic heterocycles. The van der Waals surface area contributed by atoms with Crippen molar-refractivity contribution in [1.82, 2.24) is 19.8 Å². The highest BCUT2D eigenvalue weighted by molar-refractivity contribution is 7.99. The maximum absolute atomic E-state index is 12.8. The van der Waals surface area contributed by atoms with E-state index in [4.69, 9.17) is 9.47 Å². The lowest BCUT2D eigenvalue weighted by Crippen LogP contribution is -2.49. The molecule has 1 amide bonds. The summed E-state index contributed by atoms with van der Waals surface area (Å²) in [6, 6.07) is 5.94. The average molecular weight is 388 g/mol. The maximum Gasteiger partial charge on any atom is 0.224 e. The van der Waals surface area contributed by atoms with Gasteiger partial charge in [-0.2, -0.15) is 0 Å². The molecule has 0 bridgehead atoms. The molecule has 1 atom stereocenters. The molecular formula is C19H24N4O3S. The minimum Gasteiger partial charge on any atom is -0.486 e. The lowest BCUT2D eigenvalue weighted by atomic mass is 10.1. The van der Waals surface area contributed by atoms with Crippen molar-refractivity contribution in [1.29, 1.82) is 0 Å².